The highest BCUT2D eigenvalue weighted by Crippen LogP contribution is 2.49. The number of alkyl halides is 1. The number of nitrogens with two attached hydrogens (primary N) is 1. The summed E-state index contributed by atoms with van der Waals surface area (Å²) in [5, 5.41) is 0. The van der Waals surface area contributed by atoms with E-state index < -0.39 is 0 Å². The van der Waals surface area contributed by atoms with Gasteiger partial charge in [-0.1, -0.05) is 40.2 Å². The van der Waals surface area contributed by atoms with Crippen LogP contribution in [0.25, 0.3) is 11.1 Å². The first kappa shape index (κ1) is 10.4. The Morgan fingerprint density at radius 1 is 1.00 bits per heavy atom. The molecule has 0 fully saturated rings. The molecule has 3 heteroatoms. The fourth-order valence-electron chi connectivity index (χ4n) is 2.18. The number of hydrogen-bond donors (Lipinski definition) is 1. The van der Waals surface area contributed by atoms with Crippen molar-refractivity contribution in [3.63, 3.8) is 0 Å². The van der Waals surface area contributed by atoms with Gasteiger partial charge in [0.2, 0.25) is 0 Å². The van der Waals surface area contributed by atoms with E-state index in [9.17, 15) is 0 Å². The third-order valence-corrected chi connectivity index (χ3v) is 4.64. The number of halogens is 2. The SMILES string of the molecule is Nc1cc2c(cc1Br)-c1ccccc1C2Br. The second-order valence-electron chi connectivity index (χ2n) is 3.91. The highest BCUT2D eigenvalue weighted by molar-refractivity contribution is 9.10. The minimum absolute atomic E-state index is 0.258. The Hall–Kier alpha value is -0.800. The Bertz CT molecular complexity index is 578. The molecule has 0 spiro atoms. The van der Waals surface area contributed by atoms with Gasteiger partial charge in [0, 0.05) is 10.2 Å². The molecule has 3 rings (SSSR count). The minimum atomic E-state index is 0.258. The Morgan fingerprint density at radius 3 is 2.56 bits per heavy atom. The molecule has 2 N–H and O–H groups in total. The molecular formula is C13H9Br2N. The summed E-state index contributed by atoms with van der Waals surface area (Å²) in [6.07, 6.45) is 0. The topological polar surface area (TPSA) is 26.0 Å². The quantitative estimate of drug-likeness (QED) is 0.555. The molecule has 2 aromatic rings. The summed E-state index contributed by atoms with van der Waals surface area (Å²) in [5.41, 5.74) is 11.8. The van der Waals surface area contributed by atoms with Crippen molar-refractivity contribution in [2.24, 2.45) is 0 Å². The van der Waals surface area contributed by atoms with Crippen molar-refractivity contribution in [1.29, 1.82) is 0 Å². The van der Waals surface area contributed by atoms with Crippen LogP contribution in [0.15, 0.2) is 40.9 Å². The van der Waals surface area contributed by atoms with Gasteiger partial charge in [0.05, 0.1) is 4.83 Å². The maximum absolute atomic E-state index is 5.92. The van der Waals surface area contributed by atoms with Crippen LogP contribution in [0.3, 0.4) is 0 Å². The Balaban J connectivity index is 2.34. The van der Waals surface area contributed by atoms with Crippen LogP contribution in [0.4, 0.5) is 5.69 Å². The molecule has 0 amide bonds. The zero-order valence-corrected chi connectivity index (χ0v) is 11.5. The van der Waals surface area contributed by atoms with E-state index in [0.717, 1.165) is 10.2 Å². The van der Waals surface area contributed by atoms with Crippen LogP contribution in [-0.2, 0) is 0 Å². The van der Waals surface area contributed by atoms with E-state index in [0.29, 0.717) is 0 Å². The fourth-order valence-corrected chi connectivity index (χ4v) is 3.30. The van der Waals surface area contributed by atoms with E-state index in [1.54, 1.807) is 0 Å². The first-order chi connectivity index (χ1) is 7.68. The maximum Gasteiger partial charge on any atom is 0.0657 e. The predicted octanol–water partition coefficient (Wildman–Crippen LogP) is 4.50. The monoisotopic (exact) mass is 337 g/mol. The van der Waals surface area contributed by atoms with Crippen molar-refractivity contribution >= 4 is 37.5 Å². The van der Waals surface area contributed by atoms with Crippen molar-refractivity contribution in [1.82, 2.24) is 0 Å². The lowest BCUT2D eigenvalue weighted by atomic mass is 10.1. The number of fused-ring (bicyclic) bond motifs is 3. The van der Waals surface area contributed by atoms with Gasteiger partial charge in [-0.25, -0.2) is 0 Å². The molecular weight excluding hydrogens is 330 g/mol. The molecule has 16 heavy (non-hydrogen) atoms. The van der Waals surface area contributed by atoms with E-state index in [4.69, 9.17) is 5.73 Å². The molecule has 1 nitrogen and oxygen atoms in total. The second kappa shape index (κ2) is 3.60. The number of anilines is 1. The van der Waals surface area contributed by atoms with Gasteiger partial charge in [-0.05, 0) is 50.3 Å². The first-order valence-corrected chi connectivity index (χ1v) is 6.71. The van der Waals surface area contributed by atoms with E-state index in [1.165, 1.54) is 22.3 Å². The lowest BCUT2D eigenvalue weighted by Gasteiger charge is -2.06. The van der Waals surface area contributed by atoms with Crippen molar-refractivity contribution in [3.8, 4) is 11.1 Å². The van der Waals surface area contributed by atoms with Gasteiger partial charge in [0.15, 0.2) is 0 Å². The minimum Gasteiger partial charge on any atom is -0.398 e. The summed E-state index contributed by atoms with van der Waals surface area (Å²) >= 11 is 7.20. The second-order valence-corrected chi connectivity index (χ2v) is 5.68. The molecule has 1 unspecified atom stereocenters. The third-order valence-electron chi connectivity index (χ3n) is 2.97. The van der Waals surface area contributed by atoms with E-state index in [1.807, 2.05) is 6.07 Å². The molecule has 0 radical (unpaired) electrons. The summed E-state index contributed by atoms with van der Waals surface area (Å²) < 4.78 is 0.961. The van der Waals surface area contributed by atoms with Crippen LogP contribution < -0.4 is 5.73 Å². The average molecular weight is 339 g/mol. The van der Waals surface area contributed by atoms with Crippen molar-refractivity contribution in [3.05, 3.63) is 52.0 Å². The molecule has 80 valence electrons. The van der Waals surface area contributed by atoms with Gasteiger partial charge in [0.25, 0.3) is 0 Å². The normalized spacial score (nSPS) is 17.0. The standard InChI is InChI=1S/C13H9Br2N/c14-11-5-9-7-3-1-2-4-8(7)13(15)10(9)6-12(11)16/h1-6,13H,16H2. The molecule has 0 saturated heterocycles. The van der Waals surface area contributed by atoms with Gasteiger partial charge < -0.3 is 5.73 Å². The lowest BCUT2D eigenvalue weighted by molar-refractivity contribution is 1.24. The third kappa shape index (κ3) is 1.35. The van der Waals surface area contributed by atoms with Gasteiger partial charge in [-0.15, -0.1) is 0 Å². The summed E-state index contributed by atoms with van der Waals surface area (Å²) in [7, 11) is 0. The first-order valence-electron chi connectivity index (χ1n) is 5.01. The summed E-state index contributed by atoms with van der Waals surface area (Å²) in [6.45, 7) is 0. The number of nitrogen functional groups attached to an aromatic ring is 1. The largest absolute Gasteiger partial charge is 0.398 e. The van der Waals surface area contributed by atoms with Gasteiger partial charge >= 0.3 is 0 Å². The van der Waals surface area contributed by atoms with Crippen LogP contribution in [-0.4, -0.2) is 0 Å². The highest BCUT2D eigenvalue weighted by Gasteiger charge is 2.26. The van der Waals surface area contributed by atoms with Crippen molar-refractivity contribution < 1.29 is 0 Å². The van der Waals surface area contributed by atoms with Gasteiger partial charge in [0.1, 0.15) is 0 Å². The zero-order chi connectivity index (χ0) is 11.3. The molecule has 2 aromatic carbocycles. The maximum atomic E-state index is 5.92. The Morgan fingerprint density at radius 2 is 1.75 bits per heavy atom. The molecule has 0 aromatic heterocycles. The van der Waals surface area contributed by atoms with Crippen LogP contribution in [0.2, 0.25) is 0 Å². The Kier molecular flexibility index (Phi) is 2.33. The van der Waals surface area contributed by atoms with Crippen LogP contribution in [0, 0.1) is 0 Å². The molecule has 1 aliphatic carbocycles. The highest BCUT2D eigenvalue weighted by atomic mass is 79.9. The molecule has 1 aliphatic rings. The number of benzene rings is 2. The fraction of sp³-hybridized carbons (Fsp3) is 0.0769. The van der Waals surface area contributed by atoms with Gasteiger partial charge in [-0.3, -0.25) is 0 Å². The molecule has 0 saturated carbocycles. The Labute approximate surface area is 111 Å². The van der Waals surface area contributed by atoms with E-state index in [2.05, 4.69) is 62.2 Å². The number of rotatable bonds is 0. The molecule has 1 atom stereocenters. The van der Waals surface area contributed by atoms with Gasteiger partial charge in [-0.2, -0.15) is 0 Å². The molecule has 0 bridgehead atoms. The summed E-state index contributed by atoms with van der Waals surface area (Å²) in [6, 6.07) is 12.6. The van der Waals surface area contributed by atoms with E-state index >= 15 is 0 Å². The molecule has 0 aliphatic heterocycles. The predicted molar refractivity (Wildman–Crippen MR) is 74.8 cm³/mol. The lowest BCUT2D eigenvalue weighted by Crippen LogP contribution is -1.91. The average Bonchev–Trinajstić information content (AvgIpc) is 2.55. The van der Waals surface area contributed by atoms with Crippen LogP contribution >= 0.6 is 31.9 Å². The smallest absolute Gasteiger partial charge is 0.0657 e. The molecule has 0 heterocycles. The van der Waals surface area contributed by atoms with Crippen molar-refractivity contribution in [2.75, 3.05) is 5.73 Å². The van der Waals surface area contributed by atoms with Crippen LogP contribution in [0.1, 0.15) is 16.0 Å². The van der Waals surface area contributed by atoms with Crippen molar-refractivity contribution in [2.45, 2.75) is 4.83 Å². The summed E-state index contributed by atoms with van der Waals surface area (Å²) in [5.74, 6) is 0. The summed E-state index contributed by atoms with van der Waals surface area (Å²) in [4.78, 5) is 0.258. The number of hydrogen-bond acceptors (Lipinski definition) is 1. The zero-order valence-electron chi connectivity index (χ0n) is 8.37. The van der Waals surface area contributed by atoms with E-state index in [-0.39, 0.29) is 4.83 Å². The van der Waals surface area contributed by atoms with Crippen LogP contribution in [0.5, 0.6) is 0 Å².